The Balaban J connectivity index is 1.64. The highest BCUT2D eigenvalue weighted by atomic mass is 15.1. The highest BCUT2D eigenvalue weighted by Crippen LogP contribution is 2.38. The molecule has 0 aromatic carbocycles. The van der Waals surface area contributed by atoms with Crippen LogP contribution in [0.25, 0.3) is 0 Å². The van der Waals surface area contributed by atoms with Crippen LogP contribution in [0.4, 0.5) is 11.6 Å². The Bertz CT molecular complexity index is 602. The lowest BCUT2D eigenvalue weighted by Gasteiger charge is -2.10. The van der Waals surface area contributed by atoms with Crippen molar-refractivity contribution in [1.82, 2.24) is 19.5 Å². The monoisotopic (exact) mass is 286 g/mol. The molecule has 1 aliphatic carbocycles. The number of aryl methyl sites for hydroxylation is 1. The van der Waals surface area contributed by atoms with Crippen LogP contribution in [0.5, 0.6) is 0 Å². The molecule has 1 fully saturated rings. The molecule has 0 unspecified atom stereocenters. The number of aromatic nitrogens is 4. The van der Waals surface area contributed by atoms with Gasteiger partial charge in [0.2, 0.25) is 0 Å². The molecule has 0 saturated heterocycles. The zero-order valence-corrected chi connectivity index (χ0v) is 12.6. The average molecular weight is 286 g/mol. The minimum atomic E-state index is 0.554. The molecule has 0 aliphatic heterocycles. The molecular weight excluding hydrogens is 264 g/mol. The van der Waals surface area contributed by atoms with Crippen LogP contribution < -0.4 is 10.6 Å². The first-order chi connectivity index (χ1) is 10.3. The minimum absolute atomic E-state index is 0.554. The Kier molecular flexibility index (Phi) is 4.03. The van der Waals surface area contributed by atoms with Gasteiger partial charge >= 0.3 is 0 Å². The summed E-state index contributed by atoms with van der Waals surface area (Å²) in [6.45, 7) is 3.76. The van der Waals surface area contributed by atoms with Gasteiger partial charge in [0.25, 0.3) is 0 Å². The van der Waals surface area contributed by atoms with E-state index in [1.165, 1.54) is 12.8 Å². The molecule has 1 saturated carbocycles. The van der Waals surface area contributed by atoms with E-state index in [0.29, 0.717) is 5.92 Å². The van der Waals surface area contributed by atoms with Gasteiger partial charge < -0.3 is 15.2 Å². The van der Waals surface area contributed by atoms with E-state index in [4.69, 9.17) is 0 Å². The predicted molar refractivity (Wildman–Crippen MR) is 83.6 cm³/mol. The summed E-state index contributed by atoms with van der Waals surface area (Å²) in [4.78, 5) is 13.5. The van der Waals surface area contributed by atoms with Crippen LogP contribution in [0.3, 0.4) is 0 Å². The third-order valence-electron chi connectivity index (χ3n) is 3.62. The summed E-state index contributed by atoms with van der Waals surface area (Å²) in [7, 11) is 2.02. The van der Waals surface area contributed by atoms with Gasteiger partial charge in [0.1, 0.15) is 23.3 Å². The maximum absolute atomic E-state index is 4.63. The molecule has 112 valence electrons. The molecule has 2 N–H and O–H groups in total. The van der Waals surface area contributed by atoms with Crippen molar-refractivity contribution in [3.63, 3.8) is 0 Å². The highest BCUT2D eigenvalue weighted by Gasteiger charge is 2.27. The van der Waals surface area contributed by atoms with Gasteiger partial charge in [-0.1, -0.05) is 0 Å². The lowest BCUT2D eigenvalue weighted by atomic mass is 10.3. The Morgan fingerprint density at radius 2 is 2.00 bits per heavy atom. The molecule has 0 atom stereocenters. The van der Waals surface area contributed by atoms with Gasteiger partial charge in [0, 0.05) is 50.9 Å². The molecule has 6 nitrogen and oxygen atoms in total. The van der Waals surface area contributed by atoms with Crippen molar-refractivity contribution in [2.45, 2.75) is 32.1 Å². The zero-order chi connectivity index (χ0) is 14.7. The maximum atomic E-state index is 4.63. The van der Waals surface area contributed by atoms with Crippen molar-refractivity contribution in [3.8, 4) is 0 Å². The standard InChI is InChI=1S/C15H22N6/c1-3-16-12-10-13(20-15(19-12)11-4-5-11)17-7-6-14-18-8-9-21(14)2/h8-11H,3-7H2,1-2H3,(H2,16,17,19,20). The number of hydrogen-bond acceptors (Lipinski definition) is 5. The molecule has 3 rings (SSSR count). The van der Waals surface area contributed by atoms with Crippen LogP contribution in [0, 0.1) is 0 Å². The number of nitrogens with zero attached hydrogens (tertiary/aromatic N) is 4. The lowest BCUT2D eigenvalue weighted by molar-refractivity contribution is 0.787. The molecule has 2 heterocycles. The summed E-state index contributed by atoms with van der Waals surface area (Å²) in [6.07, 6.45) is 7.09. The lowest BCUT2D eigenvalue weighted by Crippen LogP contribution is -2.11. The Labute approximate surface area is 125 Å². The summed E-state index contributed by atoms with van der Waals surface area (Å²) in [5.41, 5.74) is 0. The van der Waals surface area contributed by atoms with Crippen LogP contribution in [0.1, 0.15) is 37.3 Å². The van der Waals surface area contributed by atoms with Crippen molar-refractivity contribution in [2.75, 3.05) is 23.7 Å². The van der Waals surface area contributed by atoms with Crippen molar-refractivity contribution < 1.29 is 0 Å². The average Bonchev–Trinajstić information content (AvgIpc) is 3.24. The SMILES string of the molecule is CCNc1cc(NCCc2nccn2C)nc(C2CC2)n1. The van der Waals surface area contributed by atoms with Crippen molar-refractivity contribution in [3.05, 3.63) is 30.1 Å². The zero-order valence-electron chi connectivity index (χ0n) is 12.6. The van der Waals surface area contributed by atoms with Crippen molar-refractivity contribution in [2.24, 2.45) is 7.05 Å². The normalized spacial score (nSPS) is 14.2. The third-order valence-corrected chi connectivity index (χ3v) is 3.62. The molecule has 0 radical (unpaired) electrons. The summed E-state index contributed by atoms with van der Waals surface area (Å²) in [6, 6.07) is 1.98. The van der Waals surface area contributed by atoms with Crippen molar-refractivity contribution >= 4 is 11.6 Å². The van der Waals surface area contributed by atoms with E-state index >= 15 is 0 Å². The number of anilines is 2. The van der Waals surface area contributed by atoms with E-state index < -0.39 is 0 Å². The number of hydrogen-bond donors (Lipinski definition) is 2. The van der Waals surface area contributed by atoms with E-state index in [1.807, 2.05) is 30.1 Å². The second-order valence-corrected chi connectivity index (χ2v) is 5.43. The van der Waals surface area contributed by atoms with E-state index in [9.17, 15) is 0 Å². The van der Waals surface area contributed by atoms with Gasteiger partial charge in [0.05, 0.1) is 0 Å². The van der Waals surface area contributed by atoms with Crippen LogP contribution in [-0.4, -0.2) is 32.6 Å². The van der Waals surface area contributed by atoms with E-state index in [-0.39, 0.29) is 0 Å². The molecule has 0 spiro atoms. The quantitative estimate of drug-likeness (QED) is 0.816. The molecule has 0 bridgehead atoms. The predicted octanol–water partition coefficient (Wildman–Crippen LogP) is 2.17. The first-order valence-corrected chi connectivity index (χ1v) is 7.59. The van der Waals surface area contributed by atoms with Crippen LogP contribution in [0.15, 0.2) is 18.5 Å². The van der Waals surface area contributed by atoms with Crippen LogP contribution >= 0.6 is 0 Å². The van der Waals surface area contributed by atoms with Crippen LogP contribution in [-0.2, 0) is 13.5 Å². The van der Waals surface area contributed by atoms with Gasteiger partial charge in [-0.15, -0.1) is 0 Å². The van der Waals surface area contributed by atoms with Gasteiger partial charge in [0.15, 0.2) is 0 Å². The summed E-state index contributed by atoms with van der Waals surface area (Å²) < 4.78 is 2.04. The molecule has 1 aliphatic rings. The van der Waals surface area contributed by atoms with E-state index in [2.05, 4.69) is 32.5 Å². The minimum Gasteiger partial charge on any atom is -0.370 e. The van der Waals surface area contributed by atoms with E-state index in [0.717, 1.165) is 42.8 Å². The fraction of sp³-hybridized carbons (Fsp3) is 0.533. The first-order valence-electron chi connectivity index (χ1n) is 7.59. The molecule has 2 aromatic heterocycles. The highest BCUT2D eigenvalue weighted by molar-refractivity contribution is 5.48. The van der Waals surface area contributed by atoms with Gasteiger partial charge in [-0.25, -0.2) is 15.0 Å². The van der Waals surface area contributed by atoms with Gasteiger partial charge in [-0.3, -0.25) is 0 Å². The largest absolute Gasteiger partial charge is 0.370 e. The van der Waals surface area contributed by atoms with Gasteiger partial charge in [-0.2, -0.15) is 0 Å². The Hall–Kier alpha value is -2.11. The molecule has 6 heteroatoms. The fourth-order valence-electron chi connectivity index (χ4n) is 2.29. The van der Waals surface area contributed by atoms with E-state index in [1.54, 1.807) is 0 Å². The fourth-order valence-corrected chi connectivity index (χ4v) is 2.29. The molecule has 0 amide bonds. The second-order valence-electron chi connectivity index (χ2n) is 5.43. The number of nitrogens with one attached hydrogen (secondary N) is 2. The molecule has 2 aromatic rings. The molecular formula is C15H22N6. The summed E-state index contributed by atoms with van der Waals surface area (Å²) in [5, 5.41) is 6.66. The topological polar surface area (TPSA) is 67.7 Å². The Morgan fingerprint density at radius 1 is 1.24 bits per heavy atom. The summed E-state index contributed by atoms with van der Waals surface area (Å²) in [5.74, 6) is 4.41. The first kappa shape index (κ1) is 13.9. The number of rotatable bonds is 7. The maximum Gasteiger partial charge on any atom is 0.136 e. The second kappa shape index (κ2) is 6.11. The van der Waals surface area contributed by atoms with Crippen LogP contribution in [0.2, 0.25) is 0 Å². The third kappa shape index (κ3) is 3.51. The summed E-state index contributed by atoms with van der Waals surface area (Å²) >= 11 is 0. The number of imidazole rings is 1. The van der Waals surface area contributed by atoms with Gasteiger partial charge in [-0.05, 0) is 19.8 Å². The van der Waals surface area contributed by atoms with Crippen molar-refractivity contribution in [1.29, 1.82) is 0 Å². The smallest absolute Gasteiger partial charge is 0.136 e. The Morgan fingerprint density at radius 3 is 2.62 bits per heavy atom. The molecule has 21 heavy (non-hydrogen) atoms.